The summed E-state index contributed by atoms with van der Waals surface area (Å²) in [6, 6.07) is 3.42. The van der Waals surface area contributed by atoms with Crippen LogP contribution >= 0.6 is 0 Å². The van der Waals surface area contributed by atoms with Gasteiger partial charge in [0, 0.05) is 30.7 Å². The molecule has 0 spiro atoms. The number of unbranched alkanes of at least 4 members (excludes halogenated alkanes) is 2. The van der Waals surface area contributed by atoms with E-state index in [0.717, 1.165) is 28.7 Å². The topological polar surface area (TPSA) is 119 Å². The molecule has 1 aliphatic heterocycles. The summed E-state index contributed by atoms with van der Waals surface area (Å²) in [5.41, 5.74) is 4.46. The van der Waals surface area contributed by atoms with Crippen molar-refractivity contribution in [3.05, 3.63) is 81.8 Å². The largest absolute Gasteiger partial charge is 0.496 e. The van der Waals surface area contributed by atoms with Gasteiger partial charge in [-0.3, -0.25) is 28.9 Å². The van der Waals surface area contributed by atoms with Crippen molar-refractivity contribution in [2.45, 2.75) is 59.8 Å². The standard InChI is InChI=1S/C33H40N2O7/c1-7-11-27(24-18-25(20-36)28(21-37)30(19-24)42-6)26(22(2)3)13-14-29(41-5)23(4)34-31(38)12-9-8-10-17-35-32(39)15-16-33(35)40/h11,13-16,18-21H,7-10,12,17H2,1-6H3,(H,34,38)/b14-13-,27-11-,29-23-. The minimum absolute atomic E-state index is 0.164. The van der Waals surface area contributed by atoms with Gasteiger partial charge in [-0.1, -0.05) is 31.1 Å². The second-order valence-electron chi connectivity index (χ2n) is 9.90. The normalized spacial score (nSPS) is 13.8. The maximum absolute atomic E-state index is 12.6. The number of allylic oxidation sites excluding steroid dienone is 7. The Morgan fingerprint density at radius 3 is 2.19 bits per heavy atom. The number of hydrogen-bond acceptors (Lipinski definition) is 7. The highest BCUT2D eigenvalue weighted by molar-refractivity contribution is 6.12. The minimum Gasteiger partial charge on any atom is -0.496 e. The van der Waals surface area contributed by atoms with E-state index in [9.17, 15) is 24.0 Å². The van der Waals surface area contributed by atoms with E-state index in [2.05, 4.69) is 5.32 Å². The van der Waals surface area contributed by atoms with Gasteiger partial charge < -0.3 is 14.8 Å². The zero-order valence-electron chi connectivity index (χ0n) is 25.2. The van der Waals surface area contributed by atoms with Crippen molar-refractivity contribution in [3.63, 3.8) is 0 Å². The molecule has 1 aliphatic rings. The van der Waals surface area contributed by atoms with E-state index >= 15 is 0 Å². The molecule has 0 radical (unpaired) electrons. The fraction of sp³-hybridized carbons (Fsp3) is 0.364. The number of aldehydes is 2. The van der Waals surface area contributed by atoms with Crippen LogP contribution in [0.5, 0.6) is 5.75 Å². The first-order chi connectivity index (χ1) is 20.1. The van der Waals surface area contributed by atoms with E-state index in [1.807, 2.05) is 32.9 Å². The summed E-state index contributed by atoms with van der Waals surface area (Å²) < 4.78 is 11.0. The van der Waals surface area contributed by atoms with E-state index in [1.165, 1.54) is 31.3 Å². The van der Waals surface area contributed by atoms with E-state index in [4.69, 9.17) is 9.47 Å². The molecule has 1 N–H and O–H groups in total. The molecule has 0 aromatic heterocycles. The van der Waals surface area contributed by atoms with Crippen LogP contribution in [0, 0.1) is 0 Å². The van der Waals surface area contributed by atoms with Crippen LogP contribution in [-0.2, 0) is 19.1 Å². The number of ether oxygens (including phenoxy) is 2. The molecular formula is C33H40N2O7. The molecule has 9 nitrogen and oxygen atoms in total. The van der Waals surface area contributed by atoms with Gasteiger partial charge in [-0.2, -0.15) is 0 Å². The Hall–Kier alpha value is -4.53. The number of benzene rings is 1. The third-order valence-corrected chi connectivity index (χ3v) is 6.69. The fourth-order valence-electron chi connectivity index (χ4n) is 4.53. The minimum atomic E-state index is -0.298. The number of nitrogens with one attached hydrogen (secondary N) is 1. The first kappa shape index (κ1) is 33.7. The van der Waals surface area contributed by atoms with E-state index < -0.39 is 0 Å². The predicted molar refractivity (Wildman–Crippen MR) is 162 cm³/mol. The number of carbonyl (C=O) groups excluding carboxylic acids is 5. The summed E-state index contributed by atoms with van der Waals surface area (Å²) in [6.45, 7) is 8.04. The quantitative estimate of drug-likeness (QED) is 0.0909. The lowest BCUT2D eigenvalue weighted by Crippen LogP contribution is -2.30. The van der Waals surface area contributed by atoms with Crippen LogP contribution in [0.1, 0.15) is 86.1 Å². The Kier molecular flexibility index (Phi) is 13.4. The van der Waals surface area contributed by atoms with Crippen LogP contribution in [0.25, 0.3) is 5.57 Å². The van der Waals surface area contributed by atoms with E-state index in [-0.39, 0.29) is 28.8 Å². The molecule has 0 saturated carbocycles. The molecule has 42 heavy (non-hydrogen) atoms. The summed E-state index contributed by atoms with van der Waals surface area (Å²) in [6.07, 6.45) is 12.4. The third kappa shape index (κ3) is 8.99. The van der Waals surface area contributed by atoms with Gasteiger partial charge >= 0.3 is 0 Å². The van der Waals surface area contributed by atoms with Crippen molar-refractivity contribution >= 4 is 35.9 Å². The average Bonchev–Trinajstić information content (AvgIpc) is 3.29. The van der Waals surface area contributed by atoms with Crippen molar-refractivity contribution in [1.82, 2.24) is 10.2 Å². The zero-order chi connectivity index (χ0) is 31.2. The van der Waals surface area contributed by atoms with Crippen molar-refractivity contribution in [2.24, 2.45) is 0 Å². The third-order valence-electron chi connectivity index (χ3n) is 6.69. The monoisotopic (exact) mass is 576 g/mol. The second kappa shape index (κ2) is 16.7. The lowest BCUT2D eigenvalue weighted by Gasteiger charge is -2.16. The van der Waals surface area contributed by atoms with Gasteiger partial charge in [-0.15, -0.1) is 0 Å². The lowest BCUT2D eigenvalue weighted by atomic mass is 9.91. The van der Waals surface area contributed by atoms with Crippen molar-refractivity contribution < 1.29 is 33.4 Å². The van der Waals surface area contributed by atoms with E-state index in [1.54, 1.807) is 25.1 Å². The van der Waals surface area contributed by atoms with Crippen LogP contribution in [0.3, 0.4) is 0 Å². The predicted octanol–water partition coefficient (Wildman–Crippen LogP) is 5.49. The molecule has 0 saturated heterocycles. The molecule has 0 unspecified atom stereocenters. The van der Waals surface area contributed by atoms with Gasteiger partial charge in [-0.05, 0) is 75.0 Å². The number of imide groups is 1. The van der Waals surface area contributed by atoms with Crippen LogP contribution in [-0.4, -0.2) is 56.0 Å². The Bertz CT molecular complexity index is 1340. The Balaban J connectivity index is 2.16. The number of amides is 3. The Labute approximate surface area is 247 Å². The molecule has 3 amide bonds. The van der Waals surface area contributed by atoms with Gasteiger partial charge in [0.25, 0.3) is 11.8 Å². The highest BCUT2D eigenvalue weighted by atomic mass is 16.5. The SMILES string of the molecule is CC/C=C(\C(/C=C\C(OC)=C(/C)NC(=O)CCCCCN1C(=O)C=CC1=O)=C(C)C)c1cc(C=O)c(C=O)c(OC)c1. The molecule has 1 heterocycles. The first-order valence-corrected chi connectivity index (χ1v) is 13.9. The molecule has 9 heteroatoms. The van der Waals surface area contributed by atoms with E-state index in [0.29, 0.717) is 62.0 Å². The Morgan fingerprint density at radius 2 is 1.64 bits per heavy atom. The highest BCUT2D eigenvalue weighted by Crippen LogP contribution is 2.33. The van der Waals surface area contributed by atoms with Crippen LogP contribution in [0.4, 0.5) is 0 Å². The summed E-state index contributed by atoms with van der Waals surface area (Å²) in [4.78, 5) is 60.3. The Morgan fingerprint density at radius 1 is 0.952 bits per heavy atom. The number of hydrogen-bond donors (Lipinski definition) is 1. The molecule has 0 atom stereocenters. The molecule has 2 rings (SSSR count). The number of methoxy groups -OCH3 is 2. The van der Waals surface area contributed by atoms with Crippen molar-refractivity contribution in [1.29, 1.82) is 0 Å². The average molecular weight is 577 g/mol. The lowest BCUT2D eigenvalue weighted by molar-refractivity contribution is -0.137. The molecule has 224 valence electrons. The van der Waals surface area contributed by atoms with Crippen molar-refractivity contribution in [2.75, 3.05) is 20.8 Å². The number of nitrogens with zero attached hydrogens (tertiary/aromatic N) is 1. The molecule has 1 aromatic rings. The number of carbonyl (C=O) groups is 5. The van der Waals surface area contributed by atoms with Crippen molar-refractivity contribution in [3.8, 4) is 5.75 Å². The molecule has 0 fully saturated rings. The van der Waals surface area contributed by atoms with Gasteiger partial charge in [-0.25, -0.2) is 0 Å². The summed E-state index contributed by atoms with van der Waals surface area (Å²) in [5.74, 6) is 0.0267. The van der Waals surface area contributed by atoms with Crippen LogP contribution in [0.2, 0.25) is 0 Å². The zero-order valence-corrected chi connectivity index (χ0v) is 25.2. The summed E-state index contributed by atoms with van der Waals surface area (Å²) in [7, 11) is 2.98. The molecular weight excluding hydrogens is 536 g/mol. The summed E-state index contributed by atoms with van der Waals surface area (Å²) in [5, 5.41) is 2.88. The molecule has 1 aromatic carbocycles. The molecule has 0 bridgehead atoms. The number of rotatable bonds is 16. The maximum atomic E-state index is 12.6. The van der Waals surface area contributed by atoms with Gasteiger partial charge in [0.15, 0.2) is 12.6 Å². The second-order valence-corrected chi connectivity index (χ2v) is 9.90. The molecule has 0 aliphatic carbocycles. The van der Waals surface area contributed by atoms with Crippen LogP contribution < -0.4 is 10.1 Å². The van der Waals surface area contributed by atoms with Crippen LogP contribution in [0.15, 0.2) is 65.1 Å². The fourth-order valence-corrected chi connectivity index (χ4v) is 4.53. The first-order valence-electron chi connectivity index (χ1n) is 13.9. The maximum Gasteiger partial charge on any atom is 0.253 e. The van der Waals surface area contributed by atoms with Gasteiger partial charge in [0.1, 0.15) is 11.5 Å². The smallest absolute Gasteiger partial charge is 0.253 e. The van der Waals surface area contributed by atoms with Gasteiger partial charge in [0.05, 0.1) is 25.5 Å². The highest BCUT2D eigenvalue weighted by Gasteiger charge is 2.22. The summed E-state index contributed by atoms with van der Waals surface area (Å²) >= 11 is 0. The van der Waals surface area contributed by atoms with Gasteiger partial charge in [0.2, 0.25) is 5.91 Å².